The Morgan fingerprint density at radius 2 is 1.50 bits per heavy atom. The molecule has 1 atom stereocenters. The van der Waals surface area contributed by atoms with E-state index in [9.17, 15) is 4.79 Å². The summed E-state index contributed by atoms with van der Waals surface area (Å²) in [5, 5.41) is 8.61. The van der Waals surface area contributed by atoms with Gasteiger partial charge in [-0.1, -0.05) is 13.3 Å². The summed E-state index contributed by atoms with van der Waals surface area (Å²) in [6.07, 6.45) is 2.20. The third-order valence-electron chi connectivity index (χ3n) is 2.36. The van der Waals surface area contributed by atoms with Crippen LogP contribution in [0.15, 0.2) is 0 Å². The second-order valence-corrected chi connectivity index (χ2v) is 4.15. The van der Waals surface area contributed by atoms with Crippen LogP contribution >= 0.6 is 0 Å². The van der Waals surface area contributed by atoms with Gasteiger partial charge < -0.3 is 29.8 Å². The van der Waals surface area contributed by atoms with Gasteiger partial charge in [0.1, 0.15) is 12.6 Å². The van der Waals surface area contributed by atoms with E-state index in [0.29, 0.717) is 26.4 Å². The Labute approximate surface area is 120 Å². The molecule has 0 unspecified atom stereocenters. The number of hydrogen-bond acceptors (Lipinski definition) is 7. The van der Waals surface area contributed by atoms with Gasteiger partial charge >= 0.3 is 5.97 Å². The molecule has 0 aliphatic rings. The van der Waals surface area contributed by atoms with E-state index in [1.807, 2.05) is 0 Å². The lowest BCUT2D eigenvalue weighted by molar-refractivity contribution is -0.147. The van der Waals surface area contributed by atoms with Crippen molar-refractivity contribution >= 4 is 5.97 Å². The Morgan fingerprint density at radius 3 is 2.00 bits per heavy atom. The number of unbranched alkanes of at least 4 members (excludes halogenated alkanes) is 1. The second-order valence-electron chi connectivity index (χ2n) is 4.15. The van der Waals surface area contributed by atoms with Crippen LogP contribution in [0.5, 0.6) is 0 Å². The Bertz CT molecular complexity index is 227. The molecule has 0 amide bonds. The van der Waals surface area contributed by atoms with Crippen LogP contribution in [-0.4, -0.2) is 70.0 Å². The van der Waals surface area contributed by atoms with Crippen molar-refractivity contribution < 1.29 is 28.8 Å². The number of esters is 1. The number of ether oxygens (including phenoxy) is 4. The van der Waals surface area contributed by atoms with Gasteiger partial charge in [-0.05, 0) is 6.42 Å². The lowest BCUT2D eigenvalue weighted by Gasteiger charge is -2.09. The number of aliphatic hydroxyl groups is 1. The first-order valence-corrected chi connectivity index (χ1v) is 6.98. The molecule has 20 heavy (non-hydrogen) atoms. The topological polar surface area (TPSA) is 100 Å². The molecule has 0 aromatic heterocycles. The van der Waals surface area contributed by atoms with Gasteiger partial charge in [0.2, 0.25) is 0 Å². The number of rotatable bonds is 14. The van der Waals surface area contributed by atoms with Crippen molar-refractivity contribution in [3.8, 4) is 0 Å². The number of nitrogens with two attached hydrogens (primary N) is 1. The third-order valence-corrected chi connectivity index (χ3v) is 2.36. The van der Waals surface area contributed by atoms with Crippen LogP contribution < -0.4 is 5.73 Å². The highest BCUT2D eigenvalue weighted by Crippen LogP contribution is 1.88. The summed E-state index contributed by atoms with van der Waals surface area (Å²) < 4.78 is 20.6. The molecule has 0 heterocycles. The minimum Gasteiger partial charge on any atom is -0.462 e. The molecule has 0 fully saturated rings. The minimum atomic E-state index is -0.981. The zero-order chi connectivity index (χ0) is 15.1. The highest BCUT2D eigenvalue weighted by atomic mass is 16.6. The number of hydrogen-bond donors (Lipinski definition) is 2. The highest BCUT2D eigenvalue weighted by Gasteiger charge is 2.12. The Kier molecular flexibility index (Phi) is 14.1. The van der Waals surface area contributed by atoms with Crippen molar-refractivity contribution in [3.05, 3.63) is 0 Å². The Hall–Kier alpha value is -0.730. The number of aliphatic hydroxyl groups excluding tert-OH is 1. The number of carbonyl (C=O) groups excluding carboxylic acids is 1. The van der Waals surface area contributed by atoms with Gasteiger partial charge in [-0.3, -0.25) is 4.79 Å². The summed E-state index contributed by atoms with van der Waals surface area (Å²) in [4.78, 5) is 11.1. The van der Waals surface area contributed by atoms with Crippen LogP contribution in [-0.2, 0) is 23.7 Å². The van der Waals surface area contributed by atoms with Gasteiger partial charge in [0, 0.05) is 6.61 Å². The molecule has 0 aliphatic carbocycles. The summed E-state index contributed by atoms with van der Waals surface area (Å²) in [6, 6.07) is -0.981. The second kappa shape index (κ2) is 14.7. The largest absolute Gasteiger partial charge is 0.462 e. The lowest BCUT2D eigenvalue weighted by Crippen LogP contribution is -2.36. The fourth-order valence-electron chi connectivity index (χ4n) is 1.17. The van der Waals surface area contributed by atoms with Crippen molar-refractivity contribution in [2.75, 3.05) is 52.9 Å². The first-order valence-electron chi connectivity index (χ1n) is 6.98. The molecule has 0 aliphatic heterocycles. The molecule has 0 saturated carbocycles. The molecule has 7 heteroatoms. The SMILES string of the molecule is CCCCOCCOCCOCCOC(=O)[C@H](N)CO. The maximum absolute atomic E-state index is 11.1. The van der Waals surface area contributed by atoms with Gasteiger partial charge in [-0.15, -0.1) is 0 Å². The normalized spacial score (nSPS) is 12.3. The summed E-state index contributed by atoms with van der Waals surface area (Å²) >= 11 is 0. The van der Waals surface area contributed by atoms with Gasteiger partial charge in [-0.2, -0.15) is 0 Å². The molecule has 0 aromatic carbocycles. The first kappa shape index (κ1) is 19.3. The fourth-order valence-corrected chi connectivity index (χ4v) is 1.17. The molecule has 0 rings (SSSR count). The van der Waals surface area contributed by atoms with Crippen LogP contribution in [0.3, 0.4) is 0 Å². The van der Waals surface area contributed by atoms with Gasteiger partial charge in [0.05, 0.1) is 39.6 Å². The van der Waals surface area contributed by atoms with E-state index in [1.54, 1.807) is 0 Å². The summed E-state index contributed by atoms with van der Waals surface area (Å²) in [7, 11) is 0. The molecule has 0 spiro atoms. The zero-order valence-electron chi connectivity index (χ0n) is 12.2. The van der Waals surface area contributed by atoms with Gasteiger partial charge in [-0.25, -0.2) is 0 Å². The van der Waals surface area contributed by atoms with Gasteiger partial charge in [0.15, 0.2) is 0 Å². The fraction of sp³-hybridized carbons (Fsp3) is 0.923. The molecule has 0 aromatic rings. The van der Waals surface area contributed by atoms with E-state index in [2.05, 4.69) is 6.92 Å². The van der Waals surface area contributed by atoms with Crippen molar-refractivity contribution in [1.82, 2.24) is 0 Å². The van der Waals surface area contributed by atoms with Crippen LogP contribution in [0.2, 0.25) is 0 Å². The standard InChI is InChI=1S/C13H27NO6/c1-2-3-4-17-5-6-18-7-8-19-9-10-20-13(16)12(14)11-15/h12,15H,2-11,14H2,1H3/t12-/m1/s1. The smallest absolute Gasteiger partial charge is 0.325 e. The molecule has 7 nitrogen and oxygen atoms in total. The average Bonchev–Trinajstić information content (AvgIpc) is 2.47. The molecular formula is C13H27NO6. The Morgan fingerprint density at radius 1 is 1.00 bits per heavy atom. The summed E-state index contributed by atoms with van der Waals surface area (Å²) in [6.45, 7) is 4.91. The van der Waals surface area contributed by atoms with E-state index < -0.39 is 18.6 Å². The van der Waals surface area contributed by atoms with Crippen molar-refractivity contribution in [2.24, 2.45) is 5.73 Å². The zero-order valence-corrected chi connectivity index (χ0v) is 12.2. The third kappa shape index (κ3) is 12.3. The predicted octanol–water partition coefficient (Wildman–Crippen LogP) is -0.301. The van der Waals surface area contributed by atoms with Crippen LogP contribution in [0.25, 0.3) is 0 Å². The molecule has 0 bridgehead atoms. The number of carbonyl (C=O) groups is 1. The lowest BCUT2D eigenvalue weighted by atomic mass is 10.3. The quantitative estimate of drug-likeness (QED) is 0.335. The molecule has 120 valence electrons. The van der Waals surface area contributed by atoms with E-state index in [0.717, 1.165) is 19.4 Å². The van der Waals surface area contributed by atoms with Crippen LogP contribution in [0.1, 0.15) is 19.8 Å². The van der Waals surface area contributed by atoms with Crippen LogP contribution in [0, 0.1) is 0 Å². The molecule has 3 N–H and O–H groups in total. The van der Waals surface area contributed by atoms with Crippen molar-refractivity contribution in [1.29, 1.82) is 0 Å². The maximum Gasteiger partial charge on any atom is 0.325 e. The maximum atomic E-state index is 11.1. The van der Waals surface area contributed by atoms with E-state index >= 15 is 0 Å². The molecule has 0 radical (unpaired) electrons. The van der Waals surface area contributed by atoms with Gasteiger partial charge in [0.25, 0.3) is 0 Å². The molecule has 0 saturated heterocycles. The van der Waals surface area contributed by atoms with E-state index in [4.69, 9.17) is 29.8 Å². The molecular weight excluding hydrogens is 266 g/mol. The van der Waals surface area contributed by atoms with Crippen molar-refractivity contribution in [2.45, 2.75) is 25.8 Å². The highest BCUT2D eigenvalue weighted by molar-refractivity contribution is 5.75. The predicted molar refractivity (Wildman–Crippen MR) is 73.4 cm³/mol. The monoisotopic (exact) mass is 293 g/mol. The summed E-state index contributed by atoms with van der Waals surface area (Å²) in [5.41, 5.74) is 5.26. The average molecular weight is 293 g/mol. The van der Waals surface area contributed by atoms with E-state index in [1.165, 1.54) is 0 Å². The van der Waals surface area contributed by atoms with Crippen LogP contribution in [0.4, 0.5) is 0 Å². The van der Waals surface area contributed by atoms with E-state index in [-0.39, 0.29) is 13.2 Å². The van der Waals surface area contributed by atoms with Crippen molar-refractivity contribution in [3.63, 3.8) is 0 Å². The Balaban J connectivity index is 3.11. The minimum absolute atomic E-state index is 0.118. The first-order chi connectivity index (χ1) is 9.72. The summed E-state index contributed by atoms with van der Waals surface area (Å²) in [5.74, 6) is -0.628.